The molecule has 2 aliphatic heterocycles. The second kappa shape index (κ2) is 4.71. The average molecular weight is 262 g/mol. The van der Waals surface area contributed by atoms with Gasteiger partial charge in [-0.25, -0.2) is 0 Å². The van der Waals surface area contributed by atoms with Crippen LogP contribution in [0, 0.1) is 0 Å². The number of benzene rings is 1. The number of rotatable bonds is 2. The molecule has 19 heavy (non-hydrogen) atoms. The summed E-state index contributed by atoms with van der Waals surface area (Å²) in [7, 11) is 0. The molecule has 1 N–H and O–H groups in total. The number of Topliss-reactive ketones (excluding diaryl/α,β-unsaturated/α-hetero) is 1. The van der Waals surface area contributed by atoms with Crippen LogP contribution in [-0.2, 0) is 22.5 Å². The number of ether oxygens (including phenoxy) is 2. The van der Waals surface area contributed by atoms with Gasteiger partial charge in [0.2, 0.25) is 0 Å². The van der Waals surface area contributed by atoms with E-state index in [-0.39, 0.29) is 18.5 Å². The summed E-state index contributed by atoms with van der Waals surface area (Å²) in [5, 5.41) is 9.18. The first-order valence-corrected chi connectivity index (χ1v) is 6.68. The third-order valence-corrected chi connectivity index (χ3v) is 4.02. The number of ketones is 1. The highest BCUT2D eigenvalue weighted by atomic mass is 16.7. The van der Waals surface area contributed by atoms with E-state index in [1.54, 1.807) is 6.92 Å². The van der Waals surface area contributed by atoms with E-state index >= 15 is 0 Å². The van der Waals surface area contributed by atoms with E-state index < -0.39 is 5.79 Å². The molecule has 0 bridgehead atoms. The Morgan fingerprint density at radius 1 is 1.53 bits per heavy atom. The monoisotopic (exact) mass is 262 g/mol. The first-order chi connectivity index (χ1) is 9.13. The standard InChI is InChI=1S/C15H18O4/c1-10(17)13-4-2-3-11-9-18-15(7-14(11)13)6-5-12(8-16)19-15/h2-4,12,16H,5-9H2,1H3/t12-,15-/m0/s1. The van der Waals surface area contributed by atoms with Crippen molar-refractivity contribution in [2.45, 2.75) is 44.7 Å². The maximum atomic E-state index is 11.7. The molecule has 1 fully saturated rings. The fraction of sp³-hybridized carbons (Fsp3) is 0.533. The van der Waals surface area contributed by atoms with E-state index in [0.717, 1.165) is 29.5 Å². The average Bonchev–Trinajstić information content (AvgIpc) is 2.81. The Morgan fingerprint density at radius 2 is 2.37 bits per heavy atom. The molecule has 2 atom stereocenters. The zero-order chi connectivity index (χ0) is 13.5. The van der Waals surface area contributed by atoms with Gasteiger partial charge in [-0.2, -0.15) is 0 Å². The molecule has 1 aromatic carbocycles. The topological polar surface area (TPSA) is 55.8 Å². The summed E-state index contributed by atoms with van der Waals surface area (Å²) in [6, 6.07) is 5.74. The van der Waals surface area contributed by atoms with Crippen molar-refractivity contribution in [3.63, 3.8) is 0 Å². The van der Waals surface area contributed by atoms with Crippen LogP contribution in [0.2, 0.25) is 0 Å². The van der Waals surface area contributed by atoms with Crippen molar-refractivity contribution < 1.29 is 19.4 Å². The highest BCUT2D eigenvalue weighted by Crippen LogP contribution is 2.40. The van der Waals surface area contributed by atoms with E-state index in [0.29, 0.717) is 13.0 Å². The molecule has 4 nitrogen and oxygen atoms in total. The lowest BCUT2D eigenvalue weighted by Crippen LogP contribution is -2.39. The fourth-order valence-electron chi connectivity index (χ4n) is 3.01. The third kappa shape index (κ3) is 2.20. The molecule has 3 rings (SSSR count). The van der Waals surface area contributed by atoms with Gasteiger partial charge in [0.25, 0.3) is 0 Å². The first-order valence-electron chi connectivity index (χ1n) is 6.68. The van der Waals surface area contributed by atoms with Crippen LogP contribution in [0.15, 0.2) is 18.2 Å². The molecule has 1 spiro atoms. The first kappa shape index (κ1) is 12.8. The number of fused-ring (bicyclic) bond motifs is 1. The molecule has 0 radical (unpaired) electrons. The summed E-state index contributed by atoms with van der Waals surface area (Å²) < 4.78 is 11.7. The maximum Gasteiger partial charge on any atom is 0.173 e. The molecule has 4 heteroatoms. The number of carbonyl (C=O) groups is 1. The molecule has 0 amide bonds. The lowest BCUT2D eigenvalue weighted by Gasteiger charge is -2.35. The molecule has 0 saturated carbocycles. The summed E-state index contributed by atoms with van der Waals surface area (Å²) in [4.78, 5) is 11.7. The molecule has 2 aliphatic rings. The minimum absolute atomic E-state index is 0.0202. The summed E-state index contributed by atoms with van der Waals surface area (Å²) in [6.07, 6.45) is 2.01. The van der Waals surface area contributed by atoms with Crippen molar-refractivity contribution in [2.24, 2.45) is 0 Å². The van der Waals surface area contributed by atoms with Crippen molar-refractivity contribution in [1.29, 1.82) is 0 Å². The molecule has 1 saturated heterocycles. The van der Waals surface area contributed by atoms with Gasteiger partial charge in [-0.3, -0.25) is 4.79 Å². The number of hydrogen-bond donors (Lipinski definition) is 1. The predicted octanol–water partition coefficient (Wildman–Crippen LogP) is 1.83. The molecule has 0 aromatic heterocycles. The van der Waals surface area contributed by atoms with Crippen molar-refractivity contribution >= 4 is 5.78 Å². The van der Waals surface area contributed by atoms with Crippen LogP contribution in [0.5, 0.6) is 0 Å². The van der Waals surface area contributed by atoms with Gasteiger partial charge in [0.1, 0.15) is 0 Å². The van der Waals surface area contributed by atoms with E-state index in [9.17, 15) is 9.90 Å². The quantitative estimate of drug-likeness (QED) is 0.826. The van der Waals surface area contributed by atoms with E-state index in [1.165, 1.54) is 0 Å². The summed E-state index contributed by atoms with van der Waals surface area (Å²) >= 11 is 0. The number of hydrogen-bond acceptors (Lipinski definition) is 4. The minimum atomic E-state index is -0.647. The van der Waals surface area contributed by atoms with Crippen molar-refractivity contribution in [1.82, 2.24) is 0 Å². The van der Waals surface area contributed by atoms with Crippen LogP contribution in [0.3, 0.4) is 0 Å². The lowest BCUT2D eigenvalue weighted by atomic mass is 9.90. The largest absolute Gasteiger partial charge is 0.394 e. The van der Waals surface area contributed by atoms with Gasteiger partial charge in [-0.1, -0.05) is 18.2 Å². The second-order valence-corrected chi connectivity index (χ2v) is 5.34. The van der Waals surface area contributed by atoms with Crippen LogP contribution in [-0.4, -0.2) is 29.4 Å². The molecule has 2 heterocycles. The van der Waals surface area contributed by atoms with Crippen LogP contribution in [0.1, 0.15) is 41.3 Å². The fourth-order valence-corrected chi connectivity index (χ4v) is 3.01. The van der Waals surface area contributed by atoms with Gasteiger partial charge in [0.05, 0.1) is 19.3 Å². The van der Waals surface area contributed by atoms with Crippen LogP contribution in [0.25, 0.3) is 0 Å². The van der Waals surface area contributed by atoms with Gasteiger partial charge >= 0.3 is 0 Å². The zero-order valence-corrected chi connectivity index (χ0v) is 11.0. The molecule has 1 aromatic rings. The van der Waals surface area contributed by atoms with Crippen LogP contribution in [0.4, 0.5) is 0 Å². The van der Waals surface area contributed by atoms with Crippen LogP contribution >= 0.6 is 0 Å². The Hall–Kier alpha value is -1.23. The molecular weight excluding hydrogens is 244 g/mol. The Kier molecular flexibility index (Phi) is 3.17. The van der Waals surface area contributed by atoms with Crippen molar-refractivity contribution in [3.05, 3.63) is 34.9 Å². The molecular formula is C15H18O4. The van der Waals surface area contributed by atoms with Crippen molar-refractivity contribution in [3.8, 4) is 0 Å². The molecule has 0 unspecified atom stereocenters. The Labute approximate surface area is 112 Å². The van der Waals surface area contributed by atoms with E-state index in [1.807, 2.05) is 18.2 Å². The van der Waals surface area contributed by atoms with Crippen LogP contribution < -0.4 is 0 Å². The normalized spacial score (nSPS) is 29.5. The Bertz CT molecular complexity index is 511. The minimum Gasteiger partial charge on any atom is -0.394 e. The summed E-state index contributed by atoms with van der Waals surface area (Å²) in [5.41, 5.74) is 2.87. The Morgan fingerprint density at radius 3 is 3.05 bits per heavy atom. The van der Waals surface area contributed by atoms with Gasteiger partial charge in [0.15, 0.2) is 11.6 Å². The SMILES string of the molecule is CC(=O)c1cccc2c1C[C@@]1(CC[C@@H](CO)O1)OC2. The number of carbonyl (C=O) groups excluding carboxylic acids is 1. The highest BCUT2D eigenvalue weighted by molar-refractivity contribution is 5.96. The number of aliphatic hydroxyl groups is 1. The van der Waals surface area contributed by atoms with Crippen molar-refractivity contribution in [2.75, 3.05) is 6.61 Å². The third-order valence-electron chi connectivity index (χ3n) is 4.02. The zero-order valence-electron chi connectivity index (χ0n) is 11.0. The maximum absolute atomic E-state index is 11.7. The Balaban J connectivity index is 1.93. The smallest absolute Gasteiger partial charge is 0.173 e. The van der Waals surface area contributed by atoms with Gasteiger partial charge in [-0.15, -0.1) is 0 Å². The molecule has 0 aliphatic carbocycles. The summed E-state index contributed by atoms with van der Waals surface area (Å²) in [6.45, 7) is 2.07. The summed E-state index contributed by atoms with van der Waals surface area (Å²) in [5.74, 6) is -0.572. The predicted molar refractivity (Wildman–Crippen MR) is 68.9 cm³/mol. The van der Waals surface area contributed by atoms with E-state index in [4.69, 9.17) is 9.47 Å². The van der Waals surface area contributed by atoms with Gasteiger partial charge in [0, 0.05) is 18.4 Å². The lowest BCUT2D eigenvalue weighted by molar-refractivity contribution is -0.242. The highest BCUT2D eigenvalue weighted by Gasteiger charge is 2.44. The van der Waals surface area contributed by atoms with Gasteiger partial charge in [-0.05, 0) is 24.5 Å². The molecule has 102 valence electrons. The van der Waals surface area contributed by atoms with Gasteiger partial charge < -0.3 is 14.6 Å². The second-order valence-electron chi connectivity index (χ2n) is 5.34. The van der Waals surface area contributed by atoms with E-state index in [2.05, 4.69) is 0 Å². The number of aliphatic hydroxyl groups excluding tert-OH is 1.